The van der Waals surface area contributed by atoms with Crippen LogP contribution >= 0.6 is 24.0 Å². The summed E-state index contributed by atoms with van der Waals surface area (Å²) in [6, 6.07) is 7.46. The lowest BCUT2D eigenvalue weighted by Gasteiger charge is -2.32. The van der Waals surface area contributed by atoms with Gasteiger partial charge in [0.15, 0.2) is 5.11 Å². The summed E-state index contributed by atoms with van der Waals surface area (Å²) in [5, 5.41) is 41.8. The van der Waals surface area contributed by atoms with E-state index in [9.17, 15) is 20.1 Å². The normalized spacial score (nSPS) is 20.9. The van der Waals surface area contributed by atoms with Gasteiger partial charge in [-0.05, 0) is 30.8 Å². The Hall–Kier alpha value is -1.43. The van der Waals surface area contributed by atoms with Gasteiger partial charge in [-0.2, -0.15) is 0 Å². The van der Waals surface area contributed by atoms with Crippen LogP contribution in [0, 0.1) is 6.92 Å². The number of nitrogens with one attached hydrogen (secondary N) is 2. The van der Waals surface area contributed by atoms with Crippen LogP contribution in [0.15, 0.2) is 24.3 Å². The van der Waals surface area contributed by atoms with Crippen molar-refractivity contribution >= 4 is 40.7 Å². The van der Waals surface area contributed by atoms with Gasteiger partial charge in [0.25, 0.3) is 5.91 Å². The SMILES string of the molecule is Cc1ccccc1NC(=S)NN1C(=O)CSC1[C@H](O)[C@@H](O)[C@H](O)CO. The highest BCUT2D eigenvalue weighted by Gasteiger charge is 2.42. The topological polar surface area (TPSA) is 125 Å². The van der Waals surface area contributed by atoms with Gasteiger partial charge >= 0.3 is 0 Å². The van der Waals surface area contributed by atoms with Crippen molar-refractivity contribution in [3.63, 3.8) is 0 Å². The number of hydrogen-bond acceptors (Lipinski definition) is 7. The zero-order valence-electron chi connectivity index (χ0n) is 13.5. The minimum atomic E-state index is -1.60. The summed E-state index contributed by atoms with van der Waals surface area (Å²) in [6.45, 7) is 1.20. The molecule has 138 valence electrons. The maximum atomic E-state index is 12.1. The number of hydrazine groups is 1. The molecule has 6 N–H and O–H groups in total. The summed E-state index contributed by atoms with van der Waals surface area (Å²) in [5.74, 6) is -0.238. The Balaban J connectivity index is 2.04. The molecule has 1 aromatic rings. The monoisotopic (exact) mass is 387 g/mol. The third kappa shape index (κ3) is 4.81. The fourth-order valence-electron chi connectivity index (χ4n) is 2.30. The van der Waals surface area contributed by atoms with Crippen LogP contribution in [0.2, 0.25) is 0 Å². The first-order valence-electron chi connectivity index (χ1n) is 7.57. The van der Waals surface area contributed by atoms with Crippen LogP contribution < -0.4 is 10.7 Å². The molecule has 1 aromatic carbocycles. The van der Waals surface area contributed by atoms with E-state index >= 15 is 0 Å². The van der Waals surface area contributed by atoms with Crippen molar-refractivity contribution in [1.82, 2.24) is 10.4 Å². The van der Waals surface area contributed by atoms with Crippen molar-refractivity contribution in [2.75, 3.05) is 17.7 Å². The summed E-state index contributed by atoms with van der Waals surface area (Å²) in [4.78, 5) is 12.1. The Morgan fingerprint density at radius 3 is 2.72 bits per heavy atom. The van der Waals surface area contributed by atoms with Gasteiger partial charge in [-0.1, -0.05) is 18.2 Å². The largest absolute Gasteiger partial charge is 0.394 e. The van der Waals surface area contributed by atoms with Gasteiger partial charge in [0.1, 0.15) is 23.7 Å². The fraction of sp³-hybridized carbons (Fsp3) is 0.467. The highest BCUT2D eigenvalue weighted by Crippen LogP contribution is 2.28. The van der Waals surface area contributed by atoms with Gasteiger partial charge < -0.3 is 25.7 Å². The molecule has 0 saturated carbocycles. The highest BCUT2D eigenvalue weighted by atomic mass is 32.2. The van der Waals surface area contributed by atoms with Crippen molar-refractivity contribution in [1.29, 1.82) is 0 Å². The third-order valence-electron chi connectivity index (χ3n) is 3.74. The van der Waals surface area contributed by atoms with Gasteiger partial charge in [0.2, 0.25) is 0 Å². The molecule has 1 aliphatic heterocycles. The number of benzene rings is 1. The molecule has 1 saturated heterocycles. The maximum Gasteiger partial charge on any atom is 0.252 e. The molecule has 8 nitrogen and oxygen atoms in total. The molecule has 4 atom stereocenters. The first-order valence-corrected chi connectivity index (χ1v) is 9.03. The quantitative estimate of drug-likeness (QED) is 0.347. The molecule has 0 aliphatic carbocycles. The molecule has 0 radical (unpaired) electrons. The standard InChI is InChI=1S/C15H21N3O5S2/c1-8-4-2-3-5-9(8)16-15(24)17-18-11(21)7-25-14(18)13(23)12(22)10(20)6-19/h2-5,10,12-14,19-20,22-23H,6-7H2,1H3,(H2,16,17,24)/t10-,12+,13-,14?/m1/s1. The molecule has 1 amide bonds. The molecule has 2 rings (SSSR count). The van der Waals surface area contributed by atoms with Crippen LogP contribution in [0.1, 0.15) is 5.56 Å². The van der Waals surface area contributed by atoms with Crippen LogP contribution in [-0.4, -0.2) is 72.5 Å². The first-order chi connectivity index (χ1) is 11.8. The minimum absolute atomic E-state index is 0.0869. The Morgan fingerprint density at radius 1 is 1.40 bits per heavy atom. The van der Waals surface area contributed by atoms with Gasteiger partial charge in [0.05, 0.1) is 12.4 Å². The number of aliphatic hydroxyl groups is 4. The van der Waals surface area contributed by atoms with E-state index in [2.05, 4.69) is 10.7 Å². The average molecular weight is 387 g/mol. The van der Waals surface area contributed by atoms with Gasteiger partial charge in [-0.3, -0.25) is 10.2 Å². The van der Waals surface area contributed by atoms with Crippen LogP contribution in [0.5, 0.6) is 0 Å². The lowest BCUT2D eigenvalue weighted by molar-refractivity contribution is -0.135. The summed E-state index contributed by atoms with van der Waals surface area (Å²) in [5.41, 5.74) is 4.45. The predicted molar refractivity (Wildman–Crippen MR) is 98.7 cm³/mol. The van der Waals surface area contributed by atoms with E-state index in [1.807, 2.05) is 31.2 Å². The van der Waals surface area contributed by atoms with Crippen molar-refractivity contribution in [3.05, 3.63) is 29.8 Å². The van der Waals surface area contributed by atoms with Crippen molar-refractivity contribution in [3.8, 4) is 0 Å². The third-order valence-corrected chi connectivity index (χ3v) is 5.18. The molecular weight excluding hydrogens is 366 g/mol. The number of hydrogen-bond donors (Lipinski definition) is 6. The molecule has 1 aliphatic rings. The second-order valence-corrected chi connectivity index (χ2v) is 7.09. The number of carbonyl (C=O) groups excluding carboxylic acids is 1. The van der Waals surface area contributed by atoms with E-state index in [1.165, 1.54) is 0 Å². The number of carbonyl (C=O) groups is 1. The average Bonchev–Trinajstić information content (AvgIpc) is 2.95. The van der Waals surface area contributed by atoms with Crippen LogP contribution in [0.4, 0.5) is 5.69 Å². The Labute approximate surface area is 154 Å². The second kappa shape index (κ2) is 8.79. The number of para-hydroxylation sites is 1. The van der Waals surface area contributed by atoms with E-state index < -0.39 is 30.3 Å². The zero-order valence-corrected chi connectivity index (χ0v) is 15.1. The first kappa shape index (κ1) is 19.9. The van der Waals surface area contributed by atoms with E-state index in [-0.39, 0.29) is 16.8 Å². The Kier molecular flexibility index (Phi) is 6.99. The highest BCUT2D eigenvalue weighted by molar-refractivity contribution is 8.01. The molecule has 10 heteroatoms. The van der Waals surface area contributed by atoms with Crippen molar-refractivity contribution in [2.24, 2.45) is 0 Å². The predicted octanol–water partition coefficient (Wildman–Crippen LogP) is -0.827. The van der Waals surface area contributed by atoms with Gasteiger partial charge in [-0.15, -0.1) is 11.8 Å². The zero-order chi connectivity index (χ0) is 18.6. The molecule has 0 spiro atoms. The molecule has 1 fully saturated rings. The van der Waals surface area contributed by atoms with E-state index in [0.717, 1.165) is 28.0 Å². The summed E-state index contributed by atoms with van der Waals surface area (Å²) in [6.07, 6.45) is -4.58. The van der Waals surface area contributed by atoms with Crippen LogP contribution in [0.3, 0.4) is 0 Å². The van der Waals surface area contributed by atoms with E-state index in [1.54, 1.807) is 0 Å². The number of amides is 1. The van der Waals surface area contributed by atoms with Crippen molar-refractivity contribution in [2.45, 2.75) is 30.6 Å². The number of anilines is 1. The van der Waals surface area contributed by atoms with E-state index in [4.69, 9.17) is 17.3 Å². The number of aryl methyl sites for hydroxylation is 1. The summed E-state index contributed by atoms with van der Waals surface area (Å²) >= 11 is 6.30. The number of rotatable bonds is 6. The summed E-state index contributed by atoms with van der Waals surface area (Å²) in [7, 11) is 0. The Bertz CT molecular complexity index is 633. The van der Waals surface area contributed by atoms with Crippen LogP contribution in [0.25, 0.3) is 0 Å². The number of nitrogens with zero attached hydrogens (tertiary/aromatic N) is 1. The lowest BCUT2D eigenvalue weighted by atomic mass is 10.1. The molecule has 1 unspecified atom stereocenters. The van der Waals surface area contributed by atoms with Gasteiger partial charge in [0, 0.05) is 5.69 Å². The smallest absolute Gasteiger partial charge is 0.252 e. The molecule has 0 aromatic heterocycles. The fourth-order valence-corrected chi connectivity index (χ4v) is 3.64. The van der Waals surface area contributed by atoms with Crippen LogP contribution in [-0.2, 0) is 4.79 Å². The van der Waals surface area contributed by atoms with E-state index in [0.29, 0.717) is 0 Å². The lowest BCUT2D eigenvalue weighted by Crippen LogP contribution is -2.56. The molecule has 1 heterocycles. The molecule has 25 heavy (non-hydrogen) atoms. The minimum Gasteiger partial charge on any atom is -0.394 e. The maximum absolute atomic E-state index is 12.1. The van der Waals surface area contributed by atoms with Gasteiger partial charge in [-0.25, -0.2) is 5.01 Å². The Morgan fingerprint density at radius 2 is 2.08 bits per heavy atom. The number of aliphatic hydroxyl groups excluding tert-OH is 4. The second-order valence-electron chi connectivity index (χ2n) is 5.58. The number of thioether (sulfide) groups is 1. The summed E-state index contributed by atoms with van der Waals surface area (Å²) < 4.78 is 0. The molecule has 0 bridgehead atoms. The molecular formula is C15H21N3O5S2. The van der Waals surface area contributed by atoms with Crippen molar-refractivity contribution < 1.29 is 25.2 Å². The number of thiocarbonyl (C=S) groups is 1.